The number of morpholine rings is 1. The van der Waals surface area contributed by atoms with Crippen LogP contribution in [0.3, 0.4) is 0 Å². The maximum absolute atomic E-state index is 12.7. The van der Waals surface area contributed by atoms with Gasteiger partial charge >= 0.3 is 0 Å². The number of amides is 3. The molecule has 0 aromatic carbocycles. The molecule has 4 heterocycles. The SMILES string of the molecule is CN1CC(=O)Nc2sc3c(c2C1=O)CCN(C(=O)CCCN1CCOCC1)C3. The van der Waals surface area contributed by atoms with Crippen LogP contribution in [0.1, 0.15) is 33.6 Å². The summed E-state index contributed by atoms with van der Waals surface area (Å²) in [4.78, 5) is 44.0. The Labute approximate surface area is 168 Å². The highest BCUT2D eigenvalue weighted by Crippen LogP contribution is 2.38. The van der Waals surface area contributed by atoms with Crippen molar-refractivity contribution in [3.63, 3.8) is 0 Å². The molecule has 0 bridgehead atoms. The highest BCUT2D eigenvalue weighted by atomic mass is 32.1. The first-order valence-electron chi connectivity index (χ1n) is 9.80. The summed E-state index contributed by atoms with van der Waals surface area (Å²) < 4.78 is 5.35. The standard InChI is InChI=1S/C19H26N4O4S/c1-21-12-15(24)20-18-17(19(21)26)13-4-6-23(11-14(13)28-18)16(25)3-2-5-22-7-9-27-10-8-22/h2-12H2,1H3,(H,20,24). The molecule has 0 atom stereocenters. The zero-order valence-electron chi connectivity index (χ0n) is 16.2. The van der Waals surface area contributed by atoms with Crippen LogP contribution in [0.5, 0.6) is 0 Å². The minimum Gasteiger partial charge on any atom is -0.379 e. The number of carbonyl (C=O) groups excluding carboxylic acids is 3. The Morgan fingerprint density at radius 3 is 2.75 bits per heavy atom. The van der Waals surface area contributed by atoms with E-state index < -0.39 is 0 Å². The lowest BCUT2D eigenvalue weighted by atomic mass is 10.0. The Hall–Kier alpha value is -1.97. The van der Waals surface area contributed by atoms with Crippen molar-refractivity contribution in [2.24, 2.45) is 0 Å². The largest absolute Gasteiger partial charge is 0.379 e. The number of carbonyl (C=O) groups is 3. The third-order valence-corrected chi connectivity index (χ3v) is 6.70. The third kappa shape index (κ3) is 3.92. The molecule has 3 amide bonds. The molecule has 1 fully saturated rings. The smallest absolute Gasteiger partial charge is 0.257 e. The van der Waals surface area contributed by atoms with Crippen LogP contribution in [0.2, 0.25) is 0 Å². The van der Waals surface area contributed by atoms with Gasteiger partial charge in [-0.3, -0.25) is 19.3 Å². The Morgan fingerprint density at radius 2 is 1.96 bits per heavy atom. The monoisotopic (exact) mass is 406 g/mol. The van der Waals surface area contributed by atoms with Gasteiger partial charge in [-0.05, 0) is 24.9 Å². The van der Waals surface area contributed by atoms with Gasteiger partial charge in [-0.25, -0.2) is 0 Å². The van der Waals surface area contributed by atoms with Gasteiger partial charge < -0.3 is 19.9 Å². The number of anilines is 1. The van der Waals surface area contributed by atoms with Crippen LogP contribution in [0.4, 0.5) is 5.00 Å². The number of ether oxygens (including phenoxy) is 1. The zero-order valence-corrected chi connectivity index (χ0v) is 17.0. The van der Waals surface area contributed by atoms with Gasteiger partial charge in [0.1, 0.15) is 5.00 Å². The molecule has 0 aliphatic carbocycles. The first kappa shape index (κ1) is 19.4. The summed E-state index contributed by atoms with van der Waals surface area (Å²) in [6.45, 7) is 5.57. The quantitative estimate of drug-likeness (QED) is 0.799. The predicted molar refractivity (Wildman–Crippen MR) is 106 cm³/mol. The normalized spacial score (nSPS) is 20.5. The summed E-state index contributed by atoms with van der Waals surface area (Å²) in [5.74, 6) is -0.129. The Bertz CT molecular complexity index is 787. The van der Waals surface area contributed by atoms with Crippen molar-refractivity contribution in [1.29, 1.82) is 0 Å². The molecule has 0 spiro atoms. The number of hydrogen-bond acceptors (Lipinski definition) is 6. The van der Waals surface area contributed by atoms with Gasteiger partial charge in [0, 0.05) is 38.0 Å². The van der Waals surface area contributed by atoms with Crippen LogP contribution in [0.15, 0.2) is 0 Å². The highest BCUT2D eigenvalue weighted by molar-refractivity contribution is 7.17. The van der Waals surface area contributed by atoms with E-state index in [4.69, 9.17) is 4.74 Å². The van der Waals surface area contributed by atoms with E-state index >= 15 is 0 Å². The van der Waals surface area contributed by atoms with Crippen LogP contribution in [0, 0.1) is 0 Å². The number of fused-ring (bicyclic) bond motifs is 3. The van der Waals surface area contributed by atoms with Crippen molar-refractivity contribution >= 4 is 34.1 Å². The molecule has 28 heavy (non-hydrogen) atoms. The number of nitrogens with one attached hydrogen (secondary N) is 1. The number of likely N-dealkylation sites (N-methyl/N-ethyl adjacent to an activating group) is 1. The second-order valence-corrected chi connectivity index (χ2v) is 8.65. The zero-order chi connectivity index (χ0) is 19.7. The fraction of sp³-hybridized carbons (Fsp3) is 0.632. The van der Waals surface area contributed by atoms with Gasteiger partial charge in [0.25, 0.3) is 5.91 Å². The molecule has 4 rings (SSSR count). The van der Waals surface area contributed by atoms with Crippen LogP contribution < -0.4 is 5.32 Å². The second kappa shape index (κ2) is 8.18. The van der Waals surface area contributed by atoms with Crippen molar-refractivity contribution in [3.8, 4) is 0 Å². The van der Waals surface area contributed by atoms with Gasteiger partial charge in [-0.2, -0.15) is 0 Å². The van der Waals surface area contributed by atoms with Crippen molar-refractivity contribution in [2.75, 3.05) is 58.3 Å². The van der Waals surface area contributed by atoms with Crippen molar-refractivity contribution < 1.29 is 19.1 Å². The molecule has 0 saturated carbocycles. The number of hydrogen-bond donors (Lipinski definition) is 1. The predicted octanol–water partition coefficient (Wildman–Crippen LogP) is 0.769. The van der Waals surface area contributed by atoms with Crippen molar-refractivity contribution in [2.45, 2.75) is 25.8 Å². The minimum atomic E-state index is -0.177. The van der Waals surface area contributed by atoms with Crippen LogP contribution in [-0.4, -0.2) is 85.4 Å². The second-order valence-electron chi connectivity index (χ2n) is 7.54. The molecular formula is C19H26N4O4S. The molecule has 0 unspecified atom stereocenters. The van der Waals surface area contributed by atoms with Gasteiger partial charge in [0.15, 0.2) is 0 Å². The summed E-state index contributed by atoms with van der Waals surface area (Å²) >= 11 is 1.43. The summed E-state index contributed by atoms with van der Waals surface area (Å²) in [6.07, 6.45) is 2.05. The van der Waals surface area contributed by atoms with Crippen LogP contribution in [0.25, 0.3) is 0 Å². The Morgan fingerprint density at radius 1 is 1.18 bits per heavy atom. The van der Waals surface area contributed by atoms with E-state index in [9.17, 15) is 14.4 Å². The van der Waals surface area contributed by atoms with E-state index in [1.165, 1.54) is 16.2 Å². The summed E-state index contributed by atoms with van der Waals surface area (Å²) in [7, 11) is 1.65. The van der Waals surface area contributed by atoms with E-state index in [0.29, 0.717) is 36.5 Å². The highest BCUT2D eigenvalue weighted by Gasteiger charge is 2.33. The van der Waals surface area contributed by atoms with E-state index in [0.717, 1.165) is 49.7 Å². The molecule has 3 aliphatic rings. The number of nitrogens with zero attached hydrogens (tertiary/aromatic N) is 3. The maximum atomic E-state index is 12.7. The van der Waals surface area contributed by atoms with Crippen molar-refractivity contribution in [1.82, 2.24) is 14.7 Å². The third-order valence-electron chi connectivity index (χ3n) is 5.57. The molecule has 1 aromatic rings. The molecule has 1 saturated heterocycles. The Balaban J connectivity index is 1.38. The van der Waals surface area contributed by atoms with Gasteiger partial charge in [-0.15, -0.1) is 11.3 Å². The molecule has 1 N–H and O–H groups in total. The molecule has 152 valence electrons. The lowest BCUT2D eigenvalue weighted by Crippen LogP contribution is -2.38. The van der Waals surface area contributed by atoms with E-state index in [2.05, 4.69) is 10.2 Å². The molecule has 0 radical (unpaired) electrons. The van der Waals surface area contributed by atoms with E-state index in [-0.39, 0.29) is 24.3 Å². The number of thiophene rings is 1. The Kier molecular flexibility index (Phi) is 5.65. The van der Waals surface area contributed by atoms with Gasteiger partial charge in [0.2, 0.25) is 11.8 Å². The summed E-state index contributed by atoms with van der Waals surface area (Å²) in [5.41, 5.74) is 1.61. The van der Waals surface area contributed by atoms with Gasteiger partial charge in [-0.1, -0.05) is 0 Å². The molecule has 8 nitrogen and oxygen atoms in total. The fourth-order valence-electron chi connectivity index (χ4n) is 4.01. The maximum Gasteiger partial charge on any atom is 0.257 e. The van der Waals surface area contributed by atoms with E-state index in [1.807, 2.05) is 4.90 Å². The minimum absolute atomic E-state index is 0.0722. The summed E-state index contributed by atoms with van der Waals surface area (Å²) in [6, 6.07) is 0. The molecule has 9 heteroatoms. The van der Waals surface area contributed by atoms with Crippen molar-refractivity contribution in [3.05, 3.63) is 16.0 Å². The number of rotatable bonds is 4. The lowest BCUT2D eigenvalue weighted by molar-refractivity contribution is -0.132. The van der Waals surface area contributed by atoms with Gasteiger partial charge in [0.05, 0.1) is 31.9 Å². The summed E-state index contributed by atoms with van der Waals surface area (Å²) in [5, 5.41) is 3.48. The first-order valence-corrected chi connectivity index (χ1v) is 10.6. The van der Waals surface area contributed by atoms with Crippen LogP contribution in [-0.2, 0) is 27.3 Å². The first-order chi connectivity index (χ1) is 13.5. The van der Waals surface area contributed by atoms with E-state index in [1.54, 1.807) is 7.05 Å². The lowest BCUT2D eigenvalue weighted by Gasteiger charge is -2.29. The molecule has 1 aromatic heterocycles. The topological polar surface area (TPSA) is 82.2 Å². The van der Waals surface area contributed by atoms with Crippen LogP contribution >= 0.6 is 11.3 Å². The fourth-order valence-corrected chi connectivity index (χ4v) is 5.28. The average Bonchev–Trinajstić information content (AvgIpc) is 2.99. The average molecular weight is 407 g/mol. The molecule has 3 aliphatic heterocycles. The molecular weight excluding hydrogens is 380 g/mol.